The maximum absolute atomic E-state index is 12.8. The van der Waals surface area contributed by atoms with Gasteiger partial charge in [-0.05, 0) is 52.5 Å². The lowest BCUT2D eigenvalue weighted by Gasteiger charge is -2.27. The van der Waals surface area contributed by atoms with E-state index in [1.54, 1.807) is 23.6 Å². The van der Waals surface area contributed by atoms with Gasteiger partial charge in [0.15, 0.2) is 0 Å². The number of aliphatic hydroxyl groups is 1. The summed E-state index contributed by atoms with van der Waals surface area (Å²) in [5.74, 6) is -0.601. The molecule has 1 fully saturated rings. The van der Waals surface area contributed by atoms with Crippen LogP contribution in [0.5, 0.6) is 0 Å². The maximum Gasteiger partial charge on any atom is 0.240 e. The van der Waals surface area contributed by atoms with Crippen molar-refractivity contribution < 1.29 is 23.1 Å². The monoisotopic (exact) mass is 462 g/mol. The van der Waals surface area contributed by atoms with Crippen LogP contribution < -0.4 is 9.62 Å². The lowest BCUT2D eigenvalue weighted by atomic mass is 9.95. The van der Waals surface area contributed by atoms with Crippen molar-refractivity contribution in [3.8, 4) is 0 Å². The minimum Gasteiger partial charge on any atom is -0.378 e. The third-order valence-corrected chi connectivity index (χ3v) is 8.02. The van der Waals surface area contributed by atoms with E-state index in [0.29, 0.717) is 16.1 Å². The van der Waals surface area contributed by atoms with Gasteiger partial charge in [0, 0.05) is 29.8 Å². The van der Waals surface area contributed by atoms with E-state index in [4.69, 9.17) is 0 Å². The molecule has 2 aromatic heterocycles. The van der Waals surface area contributed by atoms with Gasteiger partial charge >= 0.3 is 0 Å². The molecule has 156 valence electrons. The summed E-state index contributed by atoms with van der Waals surface area (Å²) in [4.78, 5) is 25.4. The van der Waals surface area contributed by atoms with Gasteiger partial charge in [-0.1, -0.05) is 6.07 Å². The molecule has 10 heteroatoms. The third-order valence-electron chi connectivity index (χ3n) is 4.90. The largest absolute Gasteiger partial charge is 0.378 e. The number of sulfonamides is 1. The summed E-state index contributed by atoms with van der Waals surface area (Å²) in [6.45, 7) is -0.239. The van der Waals surface area contributed by atoms with Crippen LogP contribution in [0.3, 0.4) is 0 Å². The predicted molar refractivity (Wildman–Crippen MR) is 115 cm³/mol. The fourth-order valence-corrected chi connectivity index (χ4v) is 5.90. The topological polar surface area (TPSA) is 104 Å². The number of imide groups is 1. The quantitative estimate of drug-likeness (QED) is 0.526. The molecular formula is C20H18N2O5S3. The second kappa shape index (κ2) is 8.05. The van der Waals surface area contributed by atoms with Gasteiger partial charge in [-0.25, -0.2) is 13.1 Å². The first-order chi connectivity index (χ1) is 14.3. The minimum absolute atomic E-state index is 0.0239. The summed E-state index contributed by atoms with van der Waals surface area (Å²) in [6.07, 6.45) is 0.314. The average Bonchev–Trinajstić information content (AvgIpc) is 3.50. The number of anilines is 1. The Bertz CT molecular complexity index is 1100. The van der Waals surface area contributed by atoms with E-state index in [1.165, 1.54) is 46.9 Å². The van der Waals surface area contributed by atoms with Gasteiger partial charge < -0.3 is 5.11 Å². The highest BCUT2D eigenvalue weighted by molar-refractivity contribution is 7.89. The first-order valence-electron chi connectivity index (χ1n) is 9.06. The number of rotatable bonds is 7. The normalized spacial score (nSPS) is 16.8. The van der Waals surface area contributed by atoms with Crippen molar-refractivity contribution in [2.24, 2.45) is 0 Å². The van der Waals surface area contributed by atoms with Crippen LogP contribution in [-0.4, -0.2) is 31.9 Å². The van der Waals surface area contributed by atoms with Crippen molar-refractivity contribution in [1.82, 2.24) is 4.72 Å². The summed E-state index contributed by atoms with van der Waals surface area (Å²) in [5.41, 5.74) is -0.538. The molecule has 2 amide bonds. The summed E-state index contributed by atoms with van der Waals surface area (Å²) in [7, 11) is -3.93. The molecule has 4 rings (SSSR count). The summed E-state index contributed by atoms with van der Waals surface area (Å²) >= 11 is 2.76. The van der Waals surface area contributed by atoms with Crippen LogP contribution in [0.2, 0.25) is 0 Å². The SMILES string of the molecule is O=C1CCC(=O)N1c1ccc(S(=O)(=O)NCC(O)(c2ccsc2)c2cccs2)cc1. The van der Waals surface area contributed by atoms with E-state index in [9.17, 15) is 23.1 Å². The molecule has 0 aliphatic carbocycles. The van der Waals surface area contributed by atoms with Gasteiger partial charge in [-0.2, -0.15) is 11.3 Å². The highest BCUT2D eigenvalue weighted by Crippen LogP contribution is 2.34. The fraction of sp³-hybridized carbons (Fsp3) is 0.200. The second-order valence-corrected chi connectivity index (χ2v) is 10.3. The molecule has 1 aromatic carbocycles. The van der Waals surface area contributed by atoms with Crippen molar-refractivity contribution >= 4 is 50.2 Å². The molecule has 0 saturated carbocycles. The van der Waals surface area contributed by atoms with Crippen molar-refractivity contribution in [3.63, 3.8) is 0 Å². The van der Waals surface area contributed by atoms with E-state index in [-0.39, 0.29) is 36.1 Å². The van der Waals surface area contributed by atoms with Crippen LogP contribution in [0.1, 0.15) is 23.3 Å². The zero-order valence-electron chi connectivity index (χ0n) is 15.6. The van der Waals surface area contributed by atoms with Gasteiger partial charge in [0.1, 0.15) is 5.60 Å². The Morgan fingerprint density at radius 2 is 1.73 bits per heavy atom. The standard InChI is InChI=1S/C20H18N2O5S3/c23-18-7-8-19(24)22(18)15-3-5-16(6-4-15)30(26,27)21-13-20(25,14-9-11-28-12-14)17-2-1-10-29-17/h1-6,9-12,21,25H,7-8,13H2. The Balaban J connectivity index is 1.55. The Hall–Kier alpha value is -2.37. The number of nitrogens with one attached hydrogen (secondary N) is 1. The van der Waals surface area contributed by atoms with Gasteiger partial charge in [0.05, 0.1) is 10.6 Å². The van der Waals surface area contributed by atoms with Crippen molar-refractivity contribution in [1.29, 1.82) is 0 Å². The molecule has 7 nitrogen and oxygen atoms in total. The summed E-state index contributed by atoms with van der Waals surface area (Å²) in [5, 5.41) is 16.7. The van der Waals surface area contributed by atoms with Crippen molar-refractivity contribution in [2.45, 2.75) is 23.3 Å². The molecule has 2 N–H and O–H groups in total. The van der Waals surface area contributed by atoms with Crippen LogP contribution >= 0.6 is 22.7 Å². The zero-order valence-corrected chi connectivity index (χ0v) is 18.1. The van der Waals surface area contributed by atoms with E-state index in [2.05, 4.69) is 4.72 Å². The van der Waals surface area contributed by atoms with Gasteiger partial charge in [0.2, 0.25) is 21.8 Å². The van der Waals surface area contributed by atoms with E-state index >= 15 is 0 Å². The predicted octanol–water partition coefficient (Wildman–Crippen LogP) is 2.68. The molecular weight excluding hydrogens is 444 g/mol. The molecule has 1 atom stereocenters. The molecule has 0 spiro atoms. The van der Waals surface area contributed by atoms with Crippen molar-refractivity contribution in [2.75, 3.05) is 11.4 Å². The first kappa shape index (κ1) is 20.9. The number of hydrogen-bond donors (Lipinski definition) is 2. The highest BCUT2D eigenvalue weighted by atomic mass is 32.2. The van der Waals surface area contributed by atoms with E-state index in [0.717, 1.165) is 4.90 Å². The molecule has 1 aliphatic heterocycles. The minimum atomic E-state index is -3.93. The fourth-order valence-electron chi connectivity index (χ4n) is 3.27. The second-order valence-electron chi connectivity index (χ2n) is 6.79. The number of amides is 2. The molecule has 3 heterocycles. The third kappa shape index (κ3) is 3.84. The Morgan fingerprint density at radius 3 is 2.30 bits per heavy atom. The number of carbonyl (C=O) groups is 2. The number of hydrogen-bond acceptors (Lipinski definition) is 7. The van der Waals surface area contributed by atoms with Crippen LogP contribution in [0.4, 0.5) is 5.69 Å². The van der Waals surface area contributed by atoms with Crippen molar-refractivity contribution in [3.05, 3.63) is 69.0 Å². The smallest absolute Gasteiger partial charge is 0.240 e. The number of carbonyl (C=O) groups excluding carboxylic acids is 2. The summed E-state index contributed by atoms with van der Waals surface area (Å²) in [6, 6.07) is 10.9. The first-order valence-corrected chi connectivity index (χ1v) is 12.4. The van der Waals surface area contributed by atoms with Gasteiger partial charge in [0.25, 0.3) is 0 Å². The van der Waals surface area contributed by atoms with Crippen LogP contribution in [0.15, 0.2) is 63.5 Å². The Morgan fingerprint density at radius 1 is 1.03 bits per heavy atom. The van der Waals surface area contributed by atoms with E-state index < -0.39 is 15.6 Å². The highest BCUT2D eigenvalue weighted by Gasteiger charge is 2.35. The van der Waals surface area contributed by atoms with Crippen LogP contribution in [0, 0.1) is 0 Å². The zero-order chi connectivity index (χ0) is 21.4. The number of nitrogens with zero attached hydrogens (tertiary/aromatic N) is 1. The molecule has 1 unspecified atom stereocenters. The molecule has 0 bridgehead atoms. The Kier molecular flexibility index (Phi) is 5.60. The van der Waals surface area contributed by atoms with E-state index in [1.807, 2.05) is 10.8 Å². The molecule has 0 radical (unpaired) electrons. The lowest BCUT2D eigenvalue weighted by molar-refractivity contribution is -0.121. The van der Waals surface area contributed by atoms with Crippen LogP contribution in [-0.2, 0) is 25.2 Å². The average molecular weight is 463 g/mol. The molecule has 1 aliphatic rings. The lowest BCUT2D eigenvalue weighted by Crippen LogP contribution is -2.40. The number of benzene rings is 1. The maximum atomic E-state index is 12.8. The van der Waals surface area contributed by atoms with Crippen LogP contribution in [0.25, 0.3) is 0 Å². The van der Waals surface area contributed by atoms with Gasteiger partial charge in [-0.15, -0.1) is 11.3 Å². The molecule has 30 heavy (non-hydrogen) atoms. The Labute approximate surface area is 181 Å². The molecule has 1 saturated heterocycles. The molecule has 3 aromatic rings. The number of thiophene rings is 2. The van der Waals surface area contributed by atoms with Gasteiger partial charge in [-0.3, -0.25) is 14.5 Å². The summed E-state index contributed by atoms with van der Waals surface area (Å²) < 4.78 is 28.1.